The minimum atomic E-state index is -0.836. The normalized spacial score (nSPS) is 11.3. The highest BCUT2D eigenvalue weighted by Gasteiger charge is 2.17. The van der Waals surface area contributed by atoms with Crippen molar-refractivity contribution in [3.63, 3.8) is 0 Å². The molecule has 1 aromatic heterocycles. The number of hydrogen-bond acceptors (Lipinski definition) is 4. The molecule has 0 unspecified atom stereocenters. The first-order valence-electron chi connectivity index (χ1n) is 10.5. The third-order valence-corrected chi connectivity index (χ3v) is 5.13. The van der Waals surface area contributed by atoms with Crippen molar-refractivity contribution < 1.29 is 28.2 Å². The predicted octanol–water partition coefficient (Wildman–Crippen LogP) is 5.55. The maximum absolute atomic E-state index is 14.5. The summed E-state index contributed by atoms with van der Waals surface area (Å²) >= 11 is 0. The number of carboxylic acids is 1. The van der Waals surface area contributed by atoms with E-state index in [0.717, 1.165) is 11.1 Å². The molecule has 1 N–H and O–H groups in total. The summed E-state index contributed by atoms with van der Waals surface area (Å²) in [4.78, 5) is 25.1. The average molecular weight is 451 g/mol. The standard InChI is InChI=1S/C26H26FNO5/c1-18(9-12-25(29)30)13-15-33-23-7-4-3-6-20(23)17-28(2)26(31)19-10-11-21(22(27)16-19)24-8-5-14-32-24/h3-8,10-11,13-14,16H,9,12,15,17H2,1-2H3,(H,29,30). The summed E-state index contributed by atoms with van der Waals surface area (Å²) in [5.41, 5.74) is 2.27. The van der Waals surface area contributed by atoms with Gasteiger partial charge in [0.15, 0.2) is 0 Å². The molecule has 3 rings (SSSR count). The number of rotatable bonds is 10. The second kappa shape index (κ2) is 11.1. The number of halogens is 1. The van der Waals surface area contributed by atoms with Crippen molar-refractivity contribution in [2.75, 3.05) is 13.7 Å². The molecule has 33 heavy (non-hydrogen) atoms. The van der Waals surface area contributed by atoms with Gasteiger partial charge in [-0.3, -0.25) is 9.59 Å². The largest absolute Gasteiger partial charge is 0.489 e. The monoisotopic (exact) mass is 451 g/mol. The van der Waals surface area contributed by atoms with E-state index in [-0.39, 0.29) is 24.4 Å². The van der Waals surface area contributed by atoms with Crippen LogP contribution < -0.4 is 4.74 Å². The van der Waals surface area contributed by atoms with E-state index in [9.17, 15) is 14.0 Å². The number of para-hydroxylation sites is 1. The lowest BCUT2D eigenvalue weighted by atomic mass is 10.1. The summed E-state index contributed by atoms with van der Waals surface area (Å²) in [6.45, 7) is 2.43. The highest BCUT2D eigenvalue weighted by Crippen LogP contribution is 2.25. The van der Waals surface area contributed by atoms with Crippen LogP contribution in [0.2, 0.25) is 0 Å². The molecule has 172 valence electrons. The Balaban J connectivity index is 1.65. The lowest BCUT2D eigenvalue weighted by Gasteiger charge is -2.19. The Labute approximate surface area is 191 Å². The molecule has 1 amide bonds. The van der Waals surface area contributed by atoms with Crippen molar-refractivity contribution in [3.8, 4) is 17.1 Å². The first-order chi connectivity index (χ1) is 15.8. The number of carbonyl (C=O) groups excluding carboxylic acids is 1. The molecular formula is C26H26FNO5. The van der Waals surface area contributed by atoms with Gasteiger partial charge in [-0.25, -0.2) is 4.39 Å². The Kier molecular flexibility index (Phi) is 8.02. The smallest absolute Gasteiger partial charge is 0.303 e. The zero-order chi connectivity index (χ0) is 23.8. The molecule has 6 nitrogen and oxygen atoms in total. The highest BCUT2D eigenvalue weighted by atomic mass is 19.1. The SMILES string of the molecule is CC(=CCOc1ccccc1CN(C)C(=O)c1ccc(-c2ccco2)c(F)c1)CCC(=O)O. The lowest BCUT2D eigenvalue weighted by Crippen LogP contribution is -2.26. The zero-order valence-electron chi connectivity index (χ0n) is 18.6. The van der Waals surface area contributed by atoms with Gasteiger partial charge in [-0.1, -0.05) is 23.8 Å². The van der Waals surface area contributed by atoms with Crippen molar-refractivity contribution in [2.45, 2.75) is 26.3 Å². The maximum Gasteiger partial charge on any atom is 0.303 e. The van der Waals surface area contributed by atoms with E-state index in [1.54, 1.807) is 25.2 Å². The van der Waals surface area contributed by atoms with Crippen LogP contribution in [0.3, 0.4) is 0 Å². The third-order valence-electron chi connectivity index (χ3n) is 5.13. The number of furan rings is 1. The van der Waals surface area contributed by atoms with Crippen molar-refractivity contribution in [1.29, 1.82) is 0 Å². The number of aliphatic carboxylic acids is 1. The van der Waals surface area contributed by atoms with E-state index in [1.807, 2.05) is 37.3 Å². The summed E-state index contributed by atoms with van der Waals surface area (Å²) in [7, 11) is 1.65. The molecule has 0 radical (unpaired) electrons. The van der Waals surface area contributed by atoms with Crippen LogP contribution in [0.1, 0.15) is 35.7 Å². The molecule has 2 aromatic carbocycles. The van der Waals surface area contributed by atoms with Crippen LogP contribution in [0, 0.1) is 5.82 Å². The van der Waals surface area contributed by atoms with Crippen molar-refractivity contribution in [1.82, 2.24) is 4.90 Å². The van der Waals surface area contributed by atoms with Crippen LogP contribution in [0.15, 0.2) is 76.9 Å². The Morgan fingerprint density at radius 1 is 1.12 bits per heavy atom. The fourth-order valence-corrected chi connectivity index (χ4v) is 3.28. The summed E-state index contributed by atoms with van der Waals surface area (Å²) in [5, 5.41) is 8.77. The lowest BCUT2D eigenvalue weighted by molar-refractivity contribution is -0.136. The van der Waals surface area contributed by atoms with Crippen LogP contribution in [-0.4, -0.2) is 35.5 Å². The minimum absolute atomic E-state index is 0.0783. The molecule has 0 atom stereocenters. The number of nitrogens with zero attached hydrogens (tertiary/aromatic N) is 1. The molecule has 7 heteroatoms. The molecular weight excluding hydrogens is 425 g/mol. The third kappa shape index (κ3) is 6.55. The molecule has 0 saturated heterocycles. The second-order valence-electron chi connectivity index (χ2n) is 7.70. The van der Waals surface area contributed by atoms with Gasteiger partial charge in [-0.2, -0.15) is 0 Å². The van der Waals surface area contributed by atoms with E-state index >= 15 is 0 Å². The Bertz CT molecular complexity index is 1140. The summed E-state index contributed by atoms with van der Waals surface area (Å²) < 4.78 is 25.6. The first kappa shape index (κ1) is 23.8. The van der Waals surface area contributed by atoms with Gasteiger partial charge >= 0.3 is 5.97 Å². The van der Waals surface area contributed by atoms with Gasteiger partial charge < -0.3 is 19.2 Å². The Morgan fingerprint density at radius 2 is 1.91 bits per heavy atom. The van der Waals surface area contributed by atoms with Gasteiger partial charge in [0.1, 0.15) is 23.9 Å². The molecule has 0 aliphatic rings. The van der Waals surface area contributed by atoms with E-state index in [0.29, 0.717) is 30.1 Å². The quantitative estimate of drug-likeness (QED) is 0.409. The Morgan fingerprint density at radius 3 is 2.61 bits per heavy atom. The van der Waals surface area contributed by atoms with Crippen molar-refractivity contribution in [3.05, 3.63) is 89.5 Å². The second-order valence-corrected chi connectivity index (χ2v) is 7.70. The van der Waals surface area contributed by atoms with Crippen molar-refractivity contribution in [2.24, 2.45) is 0 Å². The van der Waals surface area contributed by atoms with Gasteiger partial charge in [0.2, 0.25) is 0 Å². The molecule has 0 aliphatic carbocycles. The number of allylic oxidation sites excluding steroid dienone is 1. The van der Waals surface area contributed by atoms with Crippen LogP contribution in [0.25, 0.3) is 11.3 Å². The summed E-state index contributed by atoms with van der Waals surface area (Å²) in [6.07, 6.45) is 3.86. The zero-order valence-corrected chi connectivity index (χ0v) is 18.6. The number of benzene rings is 2. The molecule has 0 spiro atoms. The maximum atomic E-state index is 14.5. The van der Waals surface area contributed by atoms with E-state index < -0.39 is 11.8 Å². The minimum Gasteiger partial charge on any atom is -0.489 e. The van der Waals surface area contributed by atoms with Gasteiger partial charge in [-0.05, 0) is 55.8 Å². The topological polar surface area (TPSA) is 80.0 Å². The van der Waals surface area contributed by atoms with E-state index in [4.69, 9.17) is 14.3 Å². The first-order valence-corrected chi connectivity index (χ1v) is 10.5. The number of ether oxygens (including phenoxy) is 1. The summed E-state index contributed by atoms with van der Waals surface area (Å²) in [6, 6.07) is 15.0. The van der Waals surface area contributed by atoms with Crippen LogP contribution in [0.4, 0.5) is 4.39 Å². The number of amides is 1. The fourth-order valence-electron chi connectivity index (χ4n) is 3.28. The highest BCUT2D eigenvalue weighted by molar-refractivity contribution is 5.94. The average Bonchev–Trinajstić information content (AvgIpc) is 3.32. The molecule has 0 bridgehead atoms. The van der Waals surface area contributed by atoms with Gasteiger partial charge in [0, 0.05) is 31.1 Å². The molecule has 0 fully saturated rings. The summed E-state index contributed by atoms with van der Waals surface area (Å²) in [5.74, 6) is -0.661. The predicted molar refractivity (Wildman–Crippen MR) is 122 cm³/mol. The van der Waals surface area contributed by atoms with Gasteiger partial charge in [-0.15, -0.1) is 0 Å². The number of carboxylic acid groups (broad SMARTS) is 1. The number of hydrogen-bond donors (Lipinski definition) is 1. The van der Waals surface area contributed by atoms with Gasteiger partial charge in [0.25, 0.3) is 5.91 Å². The molecule has 0 aliphatic heterocycles. The fraction of sp³-hybridized carbons (Fsp3) is 0.231. The van der Waals surface area contributed by atoms with Crippen LogP contribution >= 0.6 is 0 Å². The van der Waals surface area contributed by atoms with E-state index in [2.05, 4.69) is 0 Å². The van der Waals surface area contributed by atoms with Crippen LogP contribution in [-0.2, 0) is 11.3 Å². The number of carbonyl (C=O) groups is 2. The van der Waals surface area contributed by atoms with E-state index in [1.165, 1.54) is 23.3 Å². The van der Waals surface area contributed by atoms with Crippen molar-refractivity contribution >= 4 is 11.9 Å². The van der Waals surface area contributed by atoms with Gasteiger partial charge in [0.05, 0.1) is 11.8 Å². The molecule has 1 heterocycles. The molecule has 3 aromatic rings. The van der Waals surface area contributed by atoms with Crippen LogP contribution in [0.5, 0.6) is 5.75 Å². The Hall–Kier alpha value is -3.87. The molecule has 0 saturated carbocycles.